The van der Waals surface area contributed by atoms with Crippen LogP contribution in [0.3, 0.4) is 0 Å². The van der Waals surface area contributed by atoms with E-state index >= 15 is 0 Å². The number of benzene rings is 1. The third-order valence-electron chi connectivity index (χ3n) is 1.58. The topological polar surface area (TPSA) is 49.8 Å². The number of nitrogens with zero attached hydrogens (tertiary/aromatic N) is 1. The van der Waals surface area contributed by atoms with E-state index in [4.69, 9.17) is 11.0 Å². The summed E-state index contributed by atoms with van der Waals surface area (Å²) in [7, 11) is 0. The first-order valence-corrected chi connectivity index (χ1v) is 3.65. The molecular weight excluding hydrogens is 155 g/mol. The summed E-state index contributed by atoms with van der Waals surface area (Å²) < 4.78 is 13.0. The molecule has 0 heterocycles. The van der Waals surface area contributed by atoms with Crippen molar-refractivity contribution < 1.29 is 4.39 Å². The Hall–Kier alpha value is -1.56. The quantitative estimate of drug-likeness (QED) is 0.678. The van der Waals surface area contributed by atoms with Crippen molar-refractivity contribution in [3.8, 4) is 6.07 Å². The smallest absolute Gasteiger partial charge is 0.128 e. The van der Waals surface area contributed by atoms with Crippen LogP contribution in [0.2, 0.25) is 0 Å². The third kappa shape index (κ3) is 1.96. The summed E-state index contributed by atoms with van der Waals surface area (Å²) in [6.45, 7) is 0. The molecular formula is C9H9FN2. The Bertz CT molecular complexity index is 315. The maximum Gasteiger partial charge on any atom is 0.128 e. The molecule has 0 radical (unpaired) electrons. The summed E-state index contributed by atoms with van der Waals surface area (Å²) in [6, 6.07) is 6.48. The maximum atomic E-state index is 13.0. The van der Waals surface area contributed by atoms with Gasteiger partial charge in [0.2, 0.25) is 0 Å². The number of aryl methyl sites for hydroxylation is 1. The summed E-state index contributed by atoms with van der Waals surface area (Å²) in [5, 5.41) is 8.28. The van der Waals surface area contributed by atoms with E-state index < -0.39 is 0 Å². The van der Waals surface area contributed by atoms with Gasteiger partial charge in [-0.05, 0) is 24.1 Å². The highest BCUT2D eigenvalue weighted by Crippen LogP contribution is 2.12. The van der Waals surface area contributed by atoms with E-state index in [-0.39, 0.29) is 5.82 Å². The fourth-order valence-electron chi connectivity index (χ4n) is 0.957. The van der Waals surface area contributed by atoms with E-state index in [0.29, 0.717) is 24.1 Å². The van der Waals surface area contributed by atoms with Gasteiger partial charge in [-0.1, -0.05) is 6.07 Å². The SMILES string of the molecule is N#CCCc1ccc(N)cc1F. The van der Waals surface area contributed by atoms with Gasteiger partial charge in [0.15, 0.2) is 0 Å². The van der Waals surface area contributed by atoms with Crippen molar-refractivity contribution in [1.82, 2.24) is 0 Å². The number of nitrogens with two attached hydrogens (primary N) is 1. The highest BCUT2D eigenvalue weighted by atomic mass is 19.1. The van der Waals surface area contributed by atoms with Crippen molar-refractivity contribution in [3.63, 3.8) is 0 Å². The fourth-order valence-corrected chi connectivity index (χ4v) is 0.957. The average molecular weight is 164 g/mol. The summed E-state index contributed by atoms with van der Waals surface area (Å²) in [5.74, 6) is -0.328. The lowest BCUT2D eigenvalue weighted by Crippen LogP contribution is -1.92. The fraction of sp³-hybridized carbons (Fsp3) is 0.222. The molecule has 0 atom stereocenters. The standard InChI is InChI=1S/C9H9FN2/c10-9-6-8(12)4-3-7(9)2-1-5-11/h3-4,6H,1-2,12H2. The number of rotatable bonds is 2. The van der Waals surface area contributed by atoms with Gasteiger partial charge in [0.25, 0.3) is 0 Å². The first-order valence-electron chi connectivity index (χ1n) is 3.65. The van der Waals surface area contributed by atoms with Gasteiger partial charge in [-0.3, -0.25) is 0 Å². The molecule has 0 aliphatic rings. The minimum absolute atomic E-state index is 0.328. The molecule has 0 spiro atoms. The van der Waals surface area contributed by atoms with Crippen molar-refractivity contribution in [1.29, 1.82) is 5.26 Å². The Labute approximate surface area is 70.4 Å². The summed E-state index contributed by atoms with van der Waals surface area (Å²) in [4.78, 5) is 0. The lowest BCUT2D eigenvalue weighted by Gasteiger charge is -2.00. The zero-order chi connectivity index (χ0) is 8.97. The van der Waals surface area contributed by atoms with E-state index in [1.807, 2.05) is 6.07 Å². The van der Waals surface area contributed by atoms with Crippen LogP contribution < -0.4 is 5.73 Å². The van der Waals surface area contributed by atoms with Crippen molar-refractivity contribution in [2.75, 3.05) is 5.73 Å². The molecule has 0 saturated heterocycles. The van der Waals surface area contributed by atoms with Crippen LogP contribution in [0.1, 0.15) is 12.0 Å². The molecule has 0 saturated carbocycles. The zero-order valence-electron chi connectivity index (χ0n) is 6.55. The van der Waals surface area contributed by atoms with Crippen molar-refractivity contribution >= 4 is 5.69 Å². The van der Waals surface area contributed by atoms with Crippen LogP contribution in [-0.2, 0) is 6.42 Å². The summed E-state index contributed by atoms with van der Waals surface area (Å²) in [6.07, 6.45) is 0.781. The summed E-state index contributed by atoms with van der Waals surface area (Å²) in [5.41, 5.74) is 6.31. The number of nitriles is 1. The molecule has 62 valence electrons. The monoisotopic (exact) mass is 164 g/mol. The molecule has 0 unspecified atom stereocenters. The van der Waals surface area contributed by atoms with Crippen LogP contribution in [0, 0.1) is 17.1 Å². The maximum absolute atomic E-state index is 13.0. The molecule has 0 amide bonds. The Morgan fingerprint density at radius 1 is 1.50 bits per heavy atom. The number of halogens is 1. The van der Waals surface area contributed by atoms with E-state index in [9.17, 15) is 4.39 Å². The van der Waals surface area contributed by atoms with Gasteiger partial charge < -0.3 is 5.73 Å². The molecule has 2 nitrogen and oxygen atoms in total. The van der Waals surface area contributed by atoms with Crippen LogP contribution in [0.25, 0.3) is 0 Å². The van der Waals surface area contributed by atoms with E-state index in [1.165, 1.54) is 6.07 Å². The number of hydrogen-bond donors (Lipinski definition) is 1. The van der Waals surface area contributed by atoms with Gasteiger partial charge in [0.05, 0.1) is 6.07 Å². The largest absolute Gasteiger partial charge is 0.399 e. The highest BCUT2D eigenvalue weighted by molar-refractivity contribution is 5.40. The highest BCUT2D eigenvalue weighted by Gasteiger charge is 2.00. The first kappa shape index (κ1) is 8.54. The van der Waals surface area contributed by atoms with Crippen molar-refractivity contribution in [3.05, 3.63) is 29.6 Å². The molecule has 2 N–H and O–H groups in total. The van der Waals surface area contributed by atoms with Gasteiger partial charge in [-0.2, -0.15) is 5.26 Å². The Kier molecular flexibility index (Phi) is 2.65. The predicted octanol–water partition coefficient (Wildman–Crippen LogP) is 1.86. The second-order valence-corrected chi connectivity index (χ2v) is 2.51. The molecule has 12 heavy (non-hydrogen) atoms. The second kappa shape index (κ2) is 3.72. The Morgan fingerprint density at radius 2 is 2.25 bits per heavy atom. The molecule has 0 aliphatic carbocycles. The molecule has 0 aliphatic heterocycles. The van der Waals surface area contributed by atoms with Gasteiger partial charge in [0, 0.05) is 12.1 Å². The third-order valence-corrected chi connectivity index (χ3v) is 1.58. The number of nitrogen functional groups attached to an aromatic ring is 1. The second-order valence-electron chi connectivity index (χ2n) is 2.51. The van der Waals surface area contributed by atoms with E-state index in [0.717, 1.165) is 0 Å². The molecule has 1 aromatic carbocycles. The van der Waals surface area contributed by atoms with Gasteiger partial charge in [0.1, 0.15) is 5.82 Å². The molecule has 0 bridgehead atoms. The first-order chi connectivity index (χ1) is 5.74. The van der Waals surface area contributed by atoms with Gasteiger partial charge in [-0.25, -0.2) is 4.39 Å². The molecule has 0 aromatic heterocycles. The van der Waals surface area contributed by atoms with Crippen molar-refractivity contribution in [2.45, 2.75) is 12.8 Å². The van der Waals surface area contributed by atoms with Gasteiger partial charge in [-0.15, -0.1) is 0 Å². The normalized spacial score (nSPS) is 9.33. The van der Waals surface area contributed by atoms with Crippen LogP contribution in [0.15, 0.2) is 18.2 Å². The predicted molar refractivity (Wildman–Crippen MR) is 44.7 cm³/mol. The van der Waals surface area contributed by atoms with Crippen LogP contribution in [-0.4, -0.2) is 0 Å². The van der Waals surface area contributed by atoms with Crippen molar-refractivity contribution in [2.24, 2.45) is 0 Å². The minimum Gasteiger partial charge on any atom is -0.399 e. The number of anilines is 1. The number of hydrogen-bond acceptors (Lipinski definition) is 2. The molecule has 1 aromatic rings. The lowest BCUT2D eigenvalue weighted by molar-refractivity contribution is 0.610. The minimum atomic E-state index is -0.328. The zero-order valence-corrected chi connectivity index (χ0v) is 6.55. The lowest BCUT2D eigenvalue weighted by atomic mass is 10.1. The Morgan fingerprint density at radius 3 is 2.83 bits per heavy atom. The molecule has 0 fully saturated rings. The molecule has 1 rings (SSSR count). The van der Waals surface area contributed by atoms with Crippen LogP contribution >= 0.6 is 0 Å². The summed E-state index contributed by atoms with van der Waals surface area (Å²) >= 11 is 0. The van der Waals surface area contributed by atoms with E-state index in [2.05, 4.69) is 0 Å². The van der Waals surface area contributed by atoms with E-state index in [1.54, 1.807) is 12.1 Å². The molecule has 3 heteroatoms. The van der Waals surface area contributed by atoms with Crippen LogP contribution in [0.5, 0.6) is 0 Å². The van der Waals surface area contributed by atoms with Crippen LogP contribution in [0.4, 0.5) is 10.1 Å². The van der Waals surface area contributed by atoms with Gasteiger partial charge >= 0.3 is 0 Å². The Balaban J connectivity index is 2.81. The average Bonchev–Trinajstić information content (AvgIpc) is 2.03.